The highest BCUT2D eigenvalue weighted by molar-refractivity contribution is 5.82. The topological polar surface area (TPSA) is 32.3 Å². The van der Waals surface area contributed by atoms with Gasteiger partial charge >= 0.3 is 0 Å². The Morgan fingerprint density at radius 1 is 1.50 bits per heavy atom. The quantitative estimate of drug-likeness (QED) is 0.724. The van der Waals surface area contributed by atoms with E-state index >= 15 is 0 Å². The van der Waals surface area contributed by atoms with Gasteiger partial charge in [0.15, 0.2) is 0 Å². The zero-order valence-corrected chi connectivity index (χ0v) is 9.38. The maximum atomic E-state index is 11.9. The Hall–Kier alpha value is -0.570. The Labute approximate surface area is 86.9 Å². The van der Waals surface area contributed by atoms with E-state index in [0.717, 1.165) is 45.3 Å². The Morgan fingerprint density at radius 2 is 2.29 bits per heavy atom. The molecule has 1 fully saturated rings. The summed E-state index contributed by atoms with van der Waals surface area (Å²) in [6, 6.07) is 0.104. The third-order valence-corrected chi connectivity index (χ3v) is 2.83. The molecule has 3 heteroatoms. The van der Waals surface area contributed by atoms with Crippen molar-refractivity contribution < 1.29 is 4.79 Å². The second-order valence-corrected chi connectivity index (χ2v) is 3.92. The number of carbonyl (C=O) groups excluding carboxylic acids is 1. The number of nitrogens with zero attached hydrogens (tertiary/aromatic N) is 1. The molecule has 14 heavy (non-hydrogen) atoms. The third-order valence-electron chi connectivity index (χ3n) is 2.83. The van der Waals surface area contributed by atoms with Gasteiger partial charge in [-0.1, -0.05) is 13.3 Å². The lowest BCUT2D eigenvalue weighted by molar-refractivity contribution is -0.132. The molecule has 0 aromatic carbocycles. The Bertz CT molecular complexity index is 176. The number of nitrogens with one attached hydrogen (secondary N) is 1. The summed E-state index contributed by atoms with van der Waals surface area (Å²) in [4.78, 5) is 13.9. The van der Waals surface area contributed by atoms with Gasteiger partial charge in [-0.15, -0.1) is 0 Å². The minimum atomic E-state index is 0.104. The number of hydrogen-bond acceptors (Lipinski definition) is 2. The molecular formula is C11H22N2O. The molecule has 0 bridgehead atoms. The van der Waals surface area contributed by atoms with Gasteiger partial charge in [-0.25, -0.2) is 0 Å². The summed E-state index contributed by atoms with van der Waals surface area (Å²) >= 11 is 0. The second-order valence-electron chi connectivity index (χ2n) is 3.92. The van der Waals surface area contributed by atoms with Crippen molar-refractivity contribution in [3.63, 3.8) is 0 Å². The van der Waals surface area contributed by atoms with Crippen LogP contribution in [0.5, 0.6) is 0 Å². The van der Waals surface area contributed by atoms with Crippen molar-refractivity contribution in [2.45, 2.75) is 45.6 Å². The normalized spacial score (nSPS) is 21.1. The van der Waals surface area contributed by atoms with E-state index in [0.29, 0.717) is 5.91 Å². The minimum absolute atomic E-state index is 0.104. The molecule has 0 unspecified atom stereocenters. The Morgan fingerprint density at radius 3 is 2.79 bits per heavy atom. The van der Waals surface area contributed by atoms with Gasteiger partial charge in [-0.05, 0) is 32.7 Å². The van der Waals surface area contributed by atoms with E-state index in [4.69, 9.17) is 0 Å². The maximum Gasteiger partial charge on any atom is 0.239 e. The fraction of sp³-hybridized carbons (Fsp3) is 0.909. The van der Waals surface area contributed by atoms with Gasteiger partial charge in [0, 0.05) is 13.1 Å². The lowest BCUT2D eigenvalue weighted by atomic mass is 10.2. The molecule has 0 spiro atoms. The third kappa shape index (κ3) is 2.98. The SMILES string of the molecule is CCCCN(CC)C(=O)[C@@H]1CCCN1. The first-order valence-corrected chi connectivity index (χ1v) is 5.81. The van der Waals surface area contributed by atoms with Crippen LogP contribution in [0.2, 0.25) is 0 Å². The van der Waals surface area contributed by atoms with Crippen molar-refractivity contribution in [2.24, 2.45) is 0 Å². The number of unbranched alkanes of at least 4 members (excludes halogenated alkanes) is 1. The molecule has 1 rings (SSSR count). The van der Waals surface area contributed by atoms with Gasteiger partial charge in [-0.2, -0.15) is 0 Å². The van der Waals surface area contributed by atoms with Crippen molar-refractivity contribution >= 4 is 5.91 Å². The number of likely N-dealkylation sites (N-methyl/N-ethyl adjacent to an activating group) is 1. The van der Waals surface area contributed by atoms with Crippen LogP contribution in [0, 0.1) is 0 Å². The summed E-state index contributed by atoms with van der Waals surface area (Å²) in [5.41, 5.74) is 0. The van der Waals surface area contributed by atoms with E-state index in [1.807, 2.05) is 4.90 Å². The molecule has 82 valence electrons. The van der Waals surface area contributed by atoms with Crippen LogP contribution in [0.25, 0.3) is 0 Å². The van der Waals surface area contributed by atoms with Crippen LogP contribution in [0.3, 0.4) is 0 Å². The van der Waals surface area contributed by atoms with E-state index in [1.54, 1.807) is 0 Å². The van der Waals surface area contributed by atoms with Crippen molar-refractivity contribution in [3.8, 4) is 0 Å². The lowest BCUT2D eigenvalue weighted by Gasteiger charge is -2.24. The molecule has 1 heterocycles. The summed E-state index contributed by atoms with van der Waals surface area (Å²) < 4.78 is 0. The van der Waals surface area contributed by atoms with Gasteiger partial charge in [0.25, 0.3) is 0 Å². The first-order chi connectivity index (χ1) is 6.79. The van der Waals surface area contributed by atoms with E-state index < -0.39 is 0 Å². The maximum absolute atomic E-state index is 11.9. The fourth-order valence-corrected chi connectivity index (χ4v) is 1.89. The van der Waals surface area contributed by atoms with Crippen LogP contribution in [0.15, 0.2) is 0 Å². The number of rotatable bonds is 5. The minimum Gasteiger partial charge on any atom is -0.342 e. The highest BCUT2D eigenvalue weighted by Gasteiger charge is 2.25. The van der Waals surface area contributed by atoms with Crippen molar-refractivity contribution in [1.29, 1.82) is 0 Å². The molecule has 3 nitrogen and oxygen atoms in total. The lowest BCUT2D eigenvalue weighted by Crippen LogP contribution is -2.43. The van der Waals surface area contributed by atoms with E-state index in [9.17, 15) is 4.79 Å². The molecule has 1 saturated heterocycles. The van der Waals surface area contributed by atoms with Crippen LogP contribution in [-0.4, -0.2) is 36.5 Å². The smallest absolute Gasteiger partial charge is 0.239 e. The average molecular weight is 198 g/mol. The predicted molar refractivity (Wildman–Crippen MR) is 58.2 cm³/mol. The number of carbonyl (C=O) groups is 1. The van der Waals surface area contributed by atoms with E-state index in [2.05, 4.69) is 19.2 Å². The Kier molecular flexibility index (Phi) is 4.94. The summed E-state index contributed by atoms with van der Waals surface area (Å²) in [5.74, 6) is 0.304. The van der Waals surface area contributed by atoms with Gasteiger partial charge in [0.2, 0.25) is 5.91 Å². The van der Waals surface area contributed by atoms with Gasteiger partial charge < -0.3 is 10.2 Å². The molecule has 1 N–H and O–H groups in total. The van der Waals surface area contributed by atoms with Crippen LogP contribution in [0.4, 0.5) is 0 Å². The van der Waals surface area contributed by atoms with E-state index in [-0.39, 0.29) is 6.04 Å². The summed E-state index contributed by atoms with van der Waals surface area (Å²) in [6.07, 6.45) is 4.43. The number of amides is 1. The molecule has 0 aliphatic carbocycles. The van der Waals surface area contributed by atoms with Crippen LogP contribution in [0.1, 0.15) is 39.5 Å². The molecule has 1 amide bonds. The molecule has 0 aromatic heterocycles. The molecular weight excluding hydrogens is 176 g/mol. The first kappa shape index (κ1) is 11.5. The van der Waals surface area contributed by atoms with Gasteiger partial charge in [0.1, 0.15) is 0 Å². The standard InChI is InChI=1S/C11H22N2O/c1-3-5-9-13(4-2)11(14)10-7-6-8-12-10/h10,12H,3-9H2,1-2H3/t10-/m0/s1. The van der Waals surface area contributed by atoms with Crippen LogP contribution < -0.4 is 5.32 Å². The van der Waals surface area contributed by atoms with Crippen molar-refractivity contribution in [2.75, 3.05) is 19.6 Å². The summed E-state index contributed by atoms with van der Waals surface area (Å²) in [5, 5.41) is 3.26. The second kappa shape index (κ2) is 6.02. The largest absolute Gasteiger partial charge is 0.342 e. The molecule has 1 aliphatic rings. The zero-order valence-electron chi connectivity index (χ0n) is 9.38. The van der Waals surface area contributed by atoms with Crippen molar-refractivity contribution in [3.05, 3.63) is 0 Å². The van der Waals surface area contributed by atoms with Crippen LogP contribution in [-0.2, 0) is 4.79 Å². The molecule has 0 aromatic rings. The molecule has 1 aliphatic heterocycles. The first-order valence-electron chi connectivity index (χ1n) is 5.81. The summed E-state index contributed by atoms with van der Waals surface area (Å²) in [6.45, 7) is 6.98. The van der Waals surface area contributed by atoms with Gasteiger partial charge in [0.05, 0.1) is 6.04 Å². The van der Waals surface area contributed by atoms with Crippen molar-refractivity contribution in [1.82, 2.24) is 10.2 Å². The zero-order chi connectivity index (χ0) is 10.4. The van der Waals surface area contributed by atoms with E-state index in [1.165, 1.54) is 0 Å². The average Bonchev–Trinajstić information content (AvgIpc) is 2.71. The summed E-state index contributed by atoms with van der Waals surface area (Å²) in [7, 11) is 0. The van der Waals surface area contributed by atoms with Crippen LogP contribution >= 0.6 is 0 Å². The highest BCUT2D eigenvalue weighted by Crippen LogP contribution is 2.09. The Balaban J connectivity index is 2.37. The fourth-order valence-electron chi connectivity index (χ4n) is 1.89. The highest BCUT2D eigenvalue weighted by atomic mass is 16.2. The number of hydrogen-bond donors (Lipinski definition) is 1. The predicted octanol–water partition coefficient (Wildman–Crippen LogP) is 1.39. The molecule has 0 radical (unpaired) electrons. The molecule has 1 atom stereocenters. The monoisotopic (exact) mass is 198 g/mol. The van der Waals surface area contributed by atoms with Gasteiger partial charge in [-0.3, -0.25) is 4.79 Å². The molecule has 0 saturated carbocycles.